The number of hydrogen-bond acceptors (Lipinski definition) is 3. The molecular formula is C13H22O3. The van der Waals surface area contributed by atoms with Crippen molar-refractivity contribution in [2.45, 2.75) is 45.6 Å². The molecule has 16 heavy (non-hydrogen) atoms. The van der Waals surface area contributed by atoms with Gasteiger partial charge in [-0.3, -0.25) is 0 Å². The van der Waals surface area contributed by atoms with Crippen LogP contribution in [0.2, 0.25) is 0 Å². The summed E-state index contributed by atoms with van der Waals surface area (Å²) in [5, 5.41) is 19.9. The van der Waals surface area contributed by atoms with Crippen LogP contribution in [-0.4, -0.2) is 16.8 Å². The van der Waals surface area contributed by atoms with Gasteiger partial charge in [0.25, 0.3) is 0 Å². The monoisotopic (exact) mass is 226 g/mol. The molecule has 0 aliphatic rings. The van der Waals surface area contributed by atoms with Crippen molar-refractivity contribution >= 4 is 0 Å². The Kier molecular flexibility index (Phi) is 5.03. The highest BCUT2D eigenvalue weighted by atomic mass is 16.4. The molecule has 0 aliphatic heterocycles. The zero-order valence-corrected chi connectivity index (χ0v) is 10.1. The number of rotatable bonds is 7. The predicted octanol–water partition coefficient (Wildman–Crippen LogP) is 2.89. The average molecular weight is 226 g/mol. The topological polar surface area (TPSA) is 53.6 Å². The van der Waals surface area contributed by atoms with Crippen molar-refractivity contribution in [1.29, 1.82) is 0 Å². The molecule has 1 aromatic rings. The van der Waals surface area contributed by atoms with Gasteiger partial charge in [-0.1, -0.05) is 26.7 Å². The van der Waals surface area contributed by atoms with E-state index in [1.54, 1.807) is 18.4 Å². The highest BCUT2D eigenvalue weighted by molar-refractivity contribution is 5.06. The minimum atomic E-state index is -0.718. The standard InChI is InChI=1S/C13H22O3/c1-3-5-8-13(4-2,10-14)12(15)11-7-6-9-16-11/h6-7,9,12,14-15H,3-5,8,10H2,1-2H3/t12-,13+/m0/s1. The summed E-state index contributed by atoms with van der Waals surface area (Å²) in [6, 6.07) is 3.52. The number of furan rings is 1. The largest absolute Gasteiger partial charge is 0.467 e. The minimum Gasteiger partial charge on any atom is -0.467 e. The van der Waals surface area contributed by atoms with Gasteiger partial charge < -0.3 is 14.6 Å². The molecule has 0 fully saturated rings. The second-order valence-corrected chi connectivity index (χ2v) is 4.40. The first-order valence-corrected chi connectivity index (χ1v) is 6.02. The van der Waals surface area contributed by atoms with Gasteiger partial charge >= 0.3 is 0 Å². The van der Waals surface area contributed by atoms with Crippen molar-refractivity contribution < 1.29 is 14.6 Å². The zero-order valence-electron chi connectivity index (χ0n) is 10.1. The third-order valence-electron chi connectivity index (χ3n) is 3.44. The van der Waals surface area contributed by atoms with Gasteiger partial charge in [-0.2, -0.15) is 0 Å². The van der Waals surface area contributed by atoms with Crippen LogP contribution in [0.15, 0.2) is 22.8 Å². The number of aliphatic hydroxyl groups excluding tert-OH is 2. The van der Waals surface area contributed by atoms with Gasteiger partial charge in [-0.25, -0.2) is 0 Å². The van der Waals surface area contributed by atoms with Gasteiger partial charge in [0.05, 0.1) is 12.9 Å². The maximum Gasteiger partial charge on any atom is 0.132 e. The average Bonchev–Trinajstić information content (AvgIpc) is 2.84. The van der Waals surface area contributed by atoms with Crippen LogP contribution in [-0.2, 0) is 0 Å². The Balaban J connectivity index is 2.83. The molecule has 2 N–H and O–H groups in total. The molecule has 3 nitrogen and oxygen atoms in total. The third kappa shape index (κ3) is 2.66. The molecule has 0 spiro atoms. The summed E-state index contributed by atoms with van der Waals surface area (Å²) in [7, 11) is 0. The molecule has 3 heteroatoms. The lowest BCUT2D eigenvalue weighted by molar-refractivity contribution is -0.0413. The SMILES string of the molecule is CCCC[C@](CC)(CO)[C@@H](O)c1ccco1. The number of unbranched alkanes of at least 4 members (excludes halogenated alkanes) is 1. The van der Waals surface area contributed by atoms with E-state index in [0.29, 0.717) is 5.76 Å². The summed E-state index contributed by atoms with van der Waals surface area (Å²) in [5.74, 6) is 0.548. The molecule has 1 aromatic heterocycles. The van der Waals surface area contributed by atoms with E-state index in [1.165, 1.54) is 0 Å². The Morgan fingerprint density at radius 3 is 2.62 bits per heavy atom. The molecule has 0 aromatic carbocycles. The van der Waals surface area contributed by atoms with Crippen molar-refractivity contribution in [3.63, 3.8) is 0 Å². The Hall–Kier alpha value is -0.800. The van der Waals surface area contributed by atoms with E-state index in [-0.39, 0.29) is 6.61 Å². The van der Waals surface area contributed by atoms with Crippen LogP contribution < -0.4 is 0 Å². The van der Waals surface area contributed by atoms with Crippen LogP contribution in [0.25, 0.3) is 0 Å². The van der Waals surface area contributed by atoms with Crippen LogP contribution >= 0.6 is 0 Å². The Morgan fingerprint density at radius 2 is 2.19 bits per heavy atom. The zero-order chi connectivity index (χ0) is 12.0. The molecule has 0 saturated carbocycles. The highest BCUT2D eigenvalue weighted by Gasteiger charge is 2.37. The molecule has 0 unspecified atom stereocenters. The van der Waals surface area contributed by atoms with Gasteiger partial charge in [0, 0.05) is 5.41 Å². The summed E-state index contributed by atoms with van der Waals surface area (Å²) in [6.07, 6.45) is 4.46. The minimum absolute atomic E-state index is 0.00856. The summed E-state index contributed by atoms with van der Waals surface area (Å²) < 4.78 is 5.22. The van der Waals surface area contributed by atoms with Gasteiger partial charge in [0.15, 0.2) is 0 Å². The third-order valence-corrected chi connectivity index (χ3v) is 3.44. The van der Waals surface area contributed by atoms with E-state index >= 15 is 0 Å². The summed E-state index contributed by atoms with van der Waals surface area (Å²) in [4.78, 5) is 0. The van der Waals surface area contributed by atoms with E-state index in [1.807, 2.05) is 6.92 Å². The lowest BCUT2D eigenvalue weighted by Gasteiger charge is -2.34. The molecular weight excluding hydrogens is 204 g/mol. The van der Waals surface area contributed by atoms with Crippen LogP contribution in [0.5, 0.6) is 0 Å². The summed E-state index contributed by atoms with van der Waals surface area (Å²) in [6.45, 7) is 4.10. The van der Waals surface area contributed by atoms with Crippen LogP contribution in [0, 0.1) is 5.41 Å². The second-order valence-electron chi connectivity index (χ2n) is 4.40. The predicted molar refractivity (Wildman–Crippen MR) is 63.0 cm³/mol. The molecule has 92 valence electrons. The quantitative estimate of drug-likeness (QED) is 0.751. The normalized spacial score (nSPS) is 17.0. The van der Waals surface area contributed by atoms with Gasteiger partial charge in [0.1, 0.15) is 11.9 Å². The maximum absolute atomic E-state index is 10.3. The van der Waals surface area contributed by atoms with Crippen LogP contribution in [0.3, 0.4) is 0 Å². The summed E-state index contributed by atoms with van der Waals surface area (Å²) in [5.41, 5.74) is -0.464. The molecule has 2 atom stereocenters. The summed E-state index contributed by atoms with van der Waals surface area (Å²) >= 11 is 0. The van der Waals surface area contributed by atoms with Crippen LogP contribution in [0.1, 0.15) is 51.4 Å². The fraction of sp³-hybridized carbons (Fsp3) is 0.692. The van der Waals surface area contributed by atoms with Crippen LogP contribution in [0.4, 0.5) is 0 Å². The lowest BCUT2D eigenvalue weighted by atomic mass is 9.75. The molecule has 1 heterocycles. The van der Waals surface area contributed by atoms with Crippen molar-refractivity contribution in [3.05, 3.63) is 24.2 Å². The van der Waals surface area contributed by atoms with Crippen molar-refractivity contribution in [1.82, 2.24) is 0 Å². The number of hydrogen-bond donors (Lipinski definition) is 2. The second kappa shape index (κ2) is 6.06. The van der Waals surface area contributed by atoms with Crippen molar-refractivity contribution in [3.8, 4) is 0 Å². The Bertz CT molecular complexity index is 275. The first-order valence-electron chi connectivity index (χ1n) is 6.02. The van der Waals surface area contributed by atoms with Gasteiger partial charge in [0.2, 0.25) is 0 Å². The Labute approximate surface area is 97.1 Å². The molecule has 1 rings (SSSR count). The Morgan fingerprint density at radius 1 is 1.44 bits per heavy atom. The van der Waals surface area contributed by atoms with E-state index in [0.717, 1.165) is 25.7 Å². The van der Waals surface area contributed by atoms with E-state index < -0.39 is 11.5 Å². The molecule has 0 amide bonds. The first-order chi connectivity index (χ1) is 7.70. The first kappa shape index (κ1) is 13.3. The van der Waals surface area contributed by atoms with Gasteiger partial charge in [-0.15, -0.1) is 0 Å². The molecule has 0 saturated heterocycles. The fourth-order valence-corrected chi connectivity index (χ4v) is 2.06. The van der Waals surface area contributed by atoms with Gasteiger partial charge in [-0.05, 0) is 25.0 Å². The number of aliphatic hydroxyl groups is 2. The lowest BCUT2D eigenvalue weighted by Crippen LogP contribution is -2.32. The van der Waals surface area contributed by atoms with E-state index in [4.69, 9.17) is 4.42 Å². The smallest absolute Gasteiger partial charge is 0.132 e. The molecule has 0 radical (unpaired) electrons. The van der Waals surface area contributed by atoms with E-state index in [9.17, 15) is 10.2 Å². The van der Waals surface area contributed by atoms with Crippen molar-refractivity contribution in [2.75, 3.05) is 6.61 Å². The molecule has 0 aliphatic carbocycles. The van der Waals surface area contributed by atoms with Crippen molar-refractivity contribution in [2.24, 2.45) is 5.41 Å². The highest BCUT2D eigenvalue weighted by Crippen LogP contribution is 2.41. The molecule has 0 bridgehead atoms. The maximum atomic E-state index is 10.3. The van der Waals surface area contributed by atoms with E-state index in [2.05, 4.69) is 6.92 Å². The fourth-order valence-electron chi connectivity index (χ4n) is 2.06.